The fraction of sp³-hybridized carbons (Fsp3) is 0.467. The van der Waals surface area contributed by atoms with Crippen molar-refractivity contribution in [3.8, 4) is 0 Å². The van der Waals surface area contributed by atoms with Crippen LogP contribution < -0.4 is 5.32 Å². The summed E-state index contributed by atoms with van der Waals surface area (Å²) < 4.78 is 0. The number of aliphatic hydroxyl groups excluding tert-OH is 1. The first-order valence-electron chi connectivity index (χ1n) is 6.43. The predicted molar refractivity (Wildman–Crippen MR) is 78.5 cm³/mol. The van der Waals surface area contributed by atoms with Crippen LogP contribution in [0.15, 0.2) is 24.3 Å². The van der Waals surface area contributed by atoms with Gasteiger partial charge in [0.25, 0.3) is 0 Å². The van der Waals surface area contributed by atoms with Crippen molar-refractivity contribution >= 4 is 23.3 Å². The Bertz CT molecular complexity index is 477. The maximum atomic E-state index is 11.7. The second-order valence-corrected chi connectivity index (χ2v) is 6.16. The Hall–Kier alpha value is -1.39. The third-order valence-electron chi connectivity index (χ3n) is 2.92. The van der Waals surface area contributed by atoms with Gasteiger partial charge >= 0.3 is 0 Å². The van der Waals surface area contributed by atoms with Gasteiger partial charge in [0.05, 0.1) is 19.1 Å². The molecule has 0 spiro atoms. The molecule has 1 unspecified atom stereocenters. The van der Waals surface area contributed by atoms with Gasteiger partial charge in [-0.3, -0.25) is 9.59 Å². The van der Waals surface area contributed by atoms with Crippen LogP contribution in [-0.2, 0) is 9.59 Å². The van der Waals surface area contributed by atoms with Crippen LogP contribution in [0.25, 0.3) is 0 Å². The Morgan fingerprint density at radius 2 is 1.80 bits per heavy atom. The zero-order valence-electron chi connectivity index (χ0n) is 11.9. The molecule has 110 valence electrons. The third kappa shape index (κ3) is 5.31. The number of amides is 1. The van der Waals surface area contributed by atoms with Crippen molar-refractivity contribution in [3.05, 3.63) is 34.9 Å². The quantitative estimate of drug-likeness (QED) is 0.877. The standard InChI is InChI=1S/C15H20ClNO3/c1-15(2,3)13(19)9-17-14(20)8-12(18)10-4-6-11(16)7-5-10/h4-7,12,18H,8-9H2,1-3H3,(H,17,20). The van der Waals surface area contributed by atoms with Crippen molar-refractivity contribution in [2.75, 3.05) is 6.54 Å². The summed E-state index contributed by atoms with van der Waals surface area (Å²) in [6.07, 6.45) is -0.990. The molecule has 0 aliphatic rings. The number of halogens is 1. The lowest BCUT2D eigenvalue weighted by molar-refractivity contribution is -0.129. The molecule has 5 heteroatoms. The number of nitrogens with one attached hydrogen (secondary N) is 1. The molecule has 0 saturated carbocycles. The van der Waals surface area contributed by atoms with Crippen molar-refractivity contribution in [2.45, 2.75) is 33.3 Å². The van der Waals surface area contributed by atoms with E-state index in [4.69, 9.17) is 11.6 Å². The average molecular weight is 298 g/mol. The van der Waals surface area contributed by atoms with E-state index in [2.05, 4.69) is 5.32 Å². The zero-order valence-corrected chi connectivity index (χ0v) is 12.7. The Morgan fingerprint density at radius 3 is 2.30 bits per heavy atom. The molecule has 0 aliphatic heterocycles. The van der Waals surface area contributed by atoms with Crippen LogP contribution in [0.2, 0.25) is 5.02 Å². The van der Waals surface area contributed by atoms with Gasteiger partial charge in [0.15, 0.2) is 5.78 Å². The molecule has 2 N–H and O–H groups in total. The molecule has 0 aromatic heterocycles. The van der Waals surface area contributed by atoms with Gasteiger partial charge in [0, 0.05) is 10.4 Å². The molecule has 20 heavy (non-hydrogen) atoms. The smallest absolute Gasteiger partial charge is 0.223 e. The molecule has 4 nitrogen and oxygen atoms in total. The summed E-state index contributed by atoms with van der Waals surface area (Å²) in [6, 6.07) is 6.64. The van der Waals surface area contributed by atoms with Crippen LogP contribution in [0, 0.1) is 5.41 Å². The highest BCUT2D eigenvalue weighted by atomic mass is 35.5. The minimum absolute atomic E-state index is 0.0182. The van der Waals surface area contributed by atoms with Crippen LogP contribution in [0.3, 0.4) is 0 Å². The molecule has 1 amide bonds. The normalized spacial score (nSPS) is 12.8. The molecule has 0 fully saturated rings. The lowest BCUT2D eigenvalue weighted by atomic mass is 9.91. The van der Waals surface area contributed by atoms with Crippen LogP contribution in [0.1, 0.15) is 38.9 Å². The van der Waals surface area contributed by atoms with Gasteiger partial charge in [-0.25, -0.2) is 0 Å². The summed E-state index contributed by atoms with van der Waals surface area (Å²) in [5.41, 5.74) is 0.133. The highest BCUT2D eigenvalue weighted by Gasteiger charge is 2.22. The van der Waals surface area contributed by atoms with Crippen LogP contribution in [0.4, 0.5) is 0 Å². The van der Waals surface area contributed by atoms with E-state index >= 15 is 0 Å². The number of carbonyl (C=O) groups excluding carboxylic acids is 2. The second kappa shape index (κ2) is 6.86. The van der Waals surface area contributed by atoms with Crippen molar-refractivity contribution in [2.24, 2.45) is 5.41 Å². The Labute approximate surface area is 124 Å². The lowest BCUT2D eigenvalue weighted by Crippen LogP contribution is -2.36. The minimum Gasteiger partial charge on any atom is -0.388 e. The number of carbonyl (C=O) groups is 2. The van der Waals surface area contributed by atoms with Crippen LogP contribution in [-0.4, -0.2) is 23.3 Å². The van der Waals surface area contributed by atoms with E-state index < -0.39 is 11.5 Å². The predicted octanol–water partition coefficient (Wildman–Crippen LogP) is 2.49. The van der Waals surface area contributed by atoms with Gasteiger partial charge in [0.1, 0.15) is 0 Å². The van der Waals surface area contributed by atoms with E-state index in [9.17, 15) is 14.7 Å². The first-order chi connectivity index (χ1) is 9.20. The molecule has 0 radical (unpaired) electrons. The number of benzene rings is 1. The molecular weight excluding hydrogens is 278 g/mol. The van der Waals surface area contributed by atoms with Crippen molar-refractivity contribution in [3.63, 3.8) is 0 Å². The number of rotatable bonds is 5. The van der Waals surface area contributed by atoms with Gasteiger partial charge in [-0.15, -0.1) is 0 Å². The fourth-order valence-corrected chi connectivity index (χ4v) is 1.62. The molecule has 0 bridgehead atoms. The van der Waals surface area contributed by atoms with Crippen molar-refractivity contribution in [1.29, 1.82) is 0 Å². The van der Waals surface area contributed by atoms with E-state index in [1.54, 1.807) is 45.0 Å². The molecule has 1 aromatic rings. The fourth-order valence-electron chi connectivity index (χ4n) is 1.49. The Balaban J connectivity index is 2.46. The highest BCUT2D eigenvalue weighted by Crippen LogP contribution is 2.19. The SMILES string of the molecule is CC(C)(C)C(=O)CNC(=O)CC(O)c1ccc(Cl)cc1. The monoisotopic (exact) mass is 297 g/mol. The van der Waals surface area contributed by atoms with E-state index in [0.717, 1.165) is 0 Å². The van der Waals surface area contributed by atoms with Crippen LogP contribution >= 0.6 is 11.6 Å². The molecule has 0 saturated heterocycles. The van der Waals surface area contributed by atoms with Crippen molar-refractivity contribution < 1.29 is 14.7 Å². The molecule has 1 atom stereocenters. The van der Waals surface area contributed by atoms with E-state index in [0.29, 0.717) is 10.6 Å². The maximum Gasteiger partial charge on any atom is 0.223 e. The molecule has 1 aromatic carbocycles. The number of Topliss-reactive ketones (excluding diaryl/α,β-unsaturated/α-hetero) is 1. The summed E-state index contributed by atoms with van der Waals surface area (Å²) in [5.74, 6) is -0.406. The highest BCUT2D eigenvalue weighted by molar-refractivity contribution is 6.30. The Morgan fingerprint density at radius 1 is 1.25 bits per heavy atom. The van der Waals surface area contributed by atoms with Gasteiger partial charge in [-0.1, -0.05) is 44.5 Å². The zero-order chi connectivity index (χ0) is 15.3. The summed E-state index contributed by atoms with van der Waals surface area (Å²) in [4.78, 5) is 23.3. The number of ketones is 1. The van der Waals surface area contributed by atoms with E-state index in [-0.39, 0.29) is 24.7 Å². The topological polar surface area (TPSA) is 66.4 Å². The van der Waals surface area contributed by atoms with E-state index in [1.807, 2.05) is 0 Å². The summed E-state index contributed by atoms with van der Waals surface area (Å²) in [6.45, 7) is 5.37. The molecule has 0 aliphatic carbocycles. The average Bonchev–Trinajstić information content (AvgIpc) is 2.35. The summed E-state index contributed by atoms with van der Waals surface area (Å²) in [7, 11) is 0. The van der Waals surface area contributed by atoms with Crippen LogP contribution in [0.5, 0.6) is 0 Å². The van der Waals surface area contributed by atoms with Crippen molar-refractivity contribution in [1.82, 2.24) is 5.32 Å². The maximum absolute atomic E-state index is 11.7. The van der Waals surface area contributed by atoms with Gasteiger partial charge in [0.2, 0.25) is 5.91 Å². The number of hydrogen-bond acceptors (Lipinski definition) is 3. The number of hydrogen-bond donors (Lipinski definition) is 2. The first-order valence-corrected chi connectivity index (χ1v) is 6.81. The minimum atomic E-state index is -0.906. The molecular formula is C15H20ClNO3. The second-order valence-electron chi connectivity index (χ2n) is 5.72. The summed E-state index contributed by atoms with van der Waals surface area (Å²) >= 11 is 5.75. The third-order valence-corrected chi connectivity index (χ3v) is 3.17. The Kier molecular flexibility index (Phi) is 5.72. The van der Waals surface area contributed by atoms with Gasteiger partial charge < -0.3 is 10.4 Å². The van der Waals surface area contributed by atoms with E-state index in [1.165, 1.54) is 0 Å². The first kappa shape index (κ1) is 16.7. The van der Waals surface area contributed by atoms with Gasteiger partial charge in [-0.2, -0.15) is 0 Å². The van der Waals surface area contributed by atoms with Gasteiger partial charge in [-0.05, 0) is 17.7 Å². The largest absolute Gasteiger partial charge is 0.388 e. The molecule has 0 heterocycles. The molecule has 1 rings (SSSR count). The lowest BCUT2D eigenvalue weighted by Gasteiger charge is -2.17. The number of aliphatic hydroxyl groups is 1. The summed E-state index contributed by atoms with van der Waals surface area (Å²) in [5, 5.41) is 13.0.